The first-order valence-corrected chi connectivity index (χ1v) is 8.85. The van der Waals surface area contributed by atoms with Crippen molar-refractivity contribution in [2.75, 3.05) is 5.32 Å². The first-order chi connectivity index (χ1) is 9.78. The van der Waals surface area contributed by atoms with Gasteiger partial charge in [0, 0.05) is 11.1 Å². The van der Waals surface area contributed by atoms with Gasteiger partial charge in [0.25, 0.3) is 0 Å². The van der Waals surface area contributed by atoms with Crippen LogP contribution < -0.4 is 10.5 Å². The van der Waals surface area contributed by atoms with Crippen LogP contribution in [0.15, 0.2) is 23.1 Å². The van der Waals surface area contributed by atoms with E-state index >= 15 is 0 Å². The van der Waals surface area contributed by atoms with Crippen molar-refractivity contribution in [3.63, 3.8) is 0 Å². The fourth-order valence-corrected chi connectivity index (χ4v) is 3.96. The van der Waals surface area contributed by atoms with Crippen LogP contribution in [-0.2, 0) is 14.8 Å². The molecule has 0 aromatic heterocycles. The summed E-state index contributed by atoms with van der Waals surface area (Å²) in [6.07, 6.45) is 4.69. The fraction of sp³-hybridized carbons (Fsp3) is 0.500. The average molecular weight is 331 g/mol. The van der Waals surface area contributed by atoms with Gasteiger partial charge in [-0.25, -0.2) is 13.6 Å². The average Bonchev–Trinajstić information content (AvgIpc) is 2.87. The molecule has 1 aromatic carbocycles. The molecule has 0 unspecified atom stereocenters. The van der Waals surface area contributed by atoms with E-state index in [4.69, 9.17) is 16.7 Å². The van der Waals surface area contributed by atoms with Gasteiger partial charge in [-0.1, -0.05) is 31.4 Å². The molecule has 0 spiro atoms. The lowest BCUT2D eigenvalue weighted by atomic mass is 9.82. The number of rotatable bonds is 4. The first-order valence-electron chi connectivity index (χ1n) is 6.92. The summed E-state index contributed by atoms with van der Waals surface area (Å²) < 4.78 is 22.6. The molecule has 1 aliphatic carbocycles. The second-order valence-corrected chi connectivity index (χ2v) is 7.42. The van der Waals surface area contributed by atoms with E-state index in [1.165, 1.54) is 18.2 Å². The molecule has 0 radical (unpaired) electrons. The zero-order valence-corrected chi connectivity index (χ0v) is 13.4. The normalized spacial score (nSPS) is 17.7. The molecular formula is C14H19ClN2O3S. The molecule has 5 nitrogen and oxygen atoms in total. The topological polar surface area (TPSA) is 89.3 Å². The van der Waals surface area contributed by atoms with Crippen molar-refractivity contribution in [3.05, 3.63) is 23.2 Å². The van der Waals surface area contributed by atoms with Crippen molar-refractivity contribution < 1.29 is 13.2 Å². The van der Waals surface area contributed by atoms with Gasteiger partial charge in [-0.15, -0.1) is 0 Å². The number of hydrogen-bond donors (Lipinski definition) is 2. The van der Waals surface area contributed by atoms with E-state index in [9.17, 15) is 13.2 Å². The fourth-order valence-electron chi connectivity index (χ4n) is 2.87. The molecule has 0 bridgehead atoms. The Morgan fingerprint density at radius 1 is 1.38 bits per heavy atom. The highest BCUT2D eigenvalue weighted by Crippen LogP contribution is 2.42. The minimum atomic E-state index is -3.86. The van der Waals surface area contributed by atoms with Gasteiger partial charge in [-0.3, -0.25) is 4.79 Å². The van der Waals surface area contributed by atoms with Gasteiger partial charge in [-0.2, -0.15) is 0 Å². The Hall–Kier alpha value is -1.11. The van der Waals surface area contributed by atoms with Gasteiger partial charge < -0.3 is 5.32 Å². The highest BCUT2D eigenvalue weighted by atomic mass is 35.5. The van der Waals surface area contributed by atoms with Crippen molar-refractivity contribution in [1.82, 2.24) is 0 Å². The number of anilines is 1. The highest BCUT2D eigenvalue weighted by molar-refractivity contribution is 7.89. The van der Waals surface area contributed by atoms with Crippen LogP contribution in [0.25, 0.3) is 0 Å². The minimum Gasteiger partial charge on any atom is -0.326 e. The van der Waals surface area contributed by atoms with Crippen molar-refractivity contribution >= 4 is 33.2 Å². The highest BCUT2D eigenvalue weighted by Gasteiger charge is 2.39. The molecule has 0 atom stereocenters. The van der Waals surface area contributed by atoms with Gasteiger partial charge >= 0.3 is 0 Å². The Bertz CT molecular complexity index is 652. The Labute approximate surface area is 129 Å². The molecule has 1 amide bonds. The molecule has 1 aromatic rings. The van der Waals surface area contributed by atoms with Crippen molar-refractivity contribution in [2.24, 2.45) is 10.6 Å². The number of amides is 1. The van der Waals surface area contributed by atoms with E-state index in [-0.39, 0.29) is 21.2 Å². The number of carbonyl (C=O) groups is 1. The lowest BCUT2D eigenvalue weighted by Gasteiger charge is -2.26. The molecular weight excluding hydrogens is 312 g/mol. The van der Waals surface area contributed by atoms with Gasteiger partial charge in [0.2, 0.25) is 15.9 Å². The Kier molecular flexibility index (Phi) is 4.60. The molecule has 2 rings (SSSR count). The number of sulfonamides is 1. The number of nitrogens with two attached hydrogens (primary N) is 1. The number of primary sulfonamides is 1. The van der Waals surface area contributed by atoms with Crippen LogP contribution in [0.5, 0.6) is 0 Å². The molecule has 116 valence electrons. The second-order valence-electron chi connectivity index (χ2n) is 5.49. The molecule has 7 heteroatoms. The van der Waals surface area contributed by atoms with Crippen molar-refractivity contribution in [1.29, 1.82) is 0 Å². The predicted molar refractivity (Wildman–Crippen MR) is 82.6 cm³/mol. The van der Waals surface area contributed by atoms with E-state index in [0.29, 0.717) is 5.69 Å². The summed E-state index contributed by atoms with van der Waals surface area (Å²) in [5, 5.41) is 7.89. The lowest BCUT2D eigenvalue weighted by Crippen LogP contribution is -2.33. The van der Waals surface area contributed by atoms with Gasteiger partial charge in [0.1, 0.15) is 4.90 Å². The van der Waals surface area contributed by atoms with Gasteiger partial charge in [-0.05, 0) is 37.5 Å². The largest absolute Gasteiger partial charge is 0.326 e. The molecule has 0 heterocycles. The number of carbonyl (C=O) groups excluding carboxylic acids is 1. The molecule has 3 N–H and O–H groups in total. The summed E-state index contributed by atoms with van der Waals surface area (Å²) >= 11 is 5.92. The smallest absolute Gasteiger partial charge is 0.239 e. The van der Waals surface area contributed by atoms with Crippen LogP contribution in [0.3, 0.4) is 0 Å². The van der Waals surface area contributed by atoms with Gasteiger partial charge in [0.15, 0.2) is 0 Å². The van der Waals surface area contributed by atoms with Crippen LogP contribution in [0.4, 0.5) is 5.69 Å². The first kappa shape index (κ1) is 16.3. The number of hydrogen-bond acceptors (Lipinski definition) is 3. The molecule has 0 aliphatic heterocycles. The van der Waals surface area contributed by atoms with E-state index in [1.54, 1.807) is 0 Å². The summed E-state index contributed by atoms with van der Waals surface area (Å²) in [7, 11) is -3.86. The maximum Gasteiger partial charge on any atom is 0.239 e. The van der Waals surface area contributed by atoms with Crippen LogP contribution in [0, 0.1) is 5.41 Å². The third-order valence-corrected chi connectivity index (χ3v) is 5.61. The van der Waals surface area contributed by atoms with Crippen LogP contribution in [0.1, 0.15) is 39.0 Å². The molecule has 1 fully saturated rings. The summed E-state index contributed by atoms with van der Waals surface area (Å²) in [6.45, 7) is 2.02. The van der Waals surface area contributed by atoms with Gasteiger partial charge in [0.05, 0.1) is 5.02 Å². The van der Waals surface area contributed by atoms with E-state index in [2.05, 4.69) is 5.32 Å². The van der Waals surface area contributed by atoms with Crippen LogP contribution in [0.2, 0.25) is 5.02 Å². The molecule has 1 aliphatic rings. The molecule has 0 saturated heterocycles. The summed E-state index contributed by atoms with van der Waals surface area (Å²) in [5.74, 6) is -0.0260. The summed E-state index contributed by atoms with van der Waals surface area (Å²) in [5.41, 5.74) is 0.169. The zero-order valence-electron chi connectivity index (χ0n) is 11.9. The maximum absolute atomic E-state index is 12.5. The summed E-state index contributed by atoms with van der Waals surface area (Å²) in [4.78, 5) is 12.3. The predicted octanol–water partition coefficient (Wildman–Crippen LogP) is 2.90. The second kappa shape index (κ2) is 5.94. The van der Waals surface area contributed by atoms with Crippen LogP contribution >= 0.6 is 11.6 Å². The number of nitrogens with one attached hydrogen (secondary N) is 1. The lowest BCUT2D eigenvalue weighted by molar-refractivity contribution is -0.125. The Balaban J connectivity index is 2.21. The molecule has 21 heavy (non-hydrogen) atoms. The third kappa shape index (κ3) is 3.39. The van der Waals surface area contributed by atoms with Crippen molar-refractivity contribution in [3.8, 4) is 0 Å². The zero-order chi connectivity index (χ0) is 15.7. The molecule has 1 saturated carbocycles. The van der Waals surface area contributed by atoms with E-state index < -0.39 is 10.0 Å². The maximum atomic E-state index is 12.5. The number of benzene rings is 1. The Morgan fingerprint density at radius 3 is 2.48 bits per heavy atom. The van der Waals surface area contributed by atoms with Crippen LogP contribution in [-0.4, -0.2) is 14.3 Å². The Morgan fingerprint density at radius 2 is 2.00 bits per heavy atom. The number of halogens is 1. The SMILES string of the molecule is CCC1(C(=O)Nc2ccc(S(N)(=O)=O)c(Cl)c2)CCCC1. The van der Waals surface area contributed by atoms with E-state index in [0.717, 1.165) is 32.1 Å². The van der Waals surface area contributed by atoms with E-state index in [1.807, 2.05) is 6.92 Å². The third-order valence-electron chi connectivity index (χ3n) is 4.22. The standard InChI is InChI=1S/C14H19ClN2O3S/c1-2-14(7-3-4-8-14)13(18)17-10-5-6-12(11(15)9-10)21(16,19)20/h5-6,9H,2-4,7-8H2,1H3,(H,17,18)(H2,16,19,20). The van der Waals surface area contributed by atoms with Crippen molar-refractivity contribution in [2.45, 2.75) is 43.9 Å². The quantitative estimate of drug-likeness (QED) is 0.889. The summed E-state index contributed by atoms with van der Waals surface area (Å²) in [6, 6.07) is 4.22. The minimum absolute atomic E-state index is 0.00673. The monoisotopic (exact) mass is 330 g/mol.